The van der Waals surface area contributed by atoms with Crippen molar-refractivity contribution >= 4 is 23.4 Å². The molecule has 19 heavy (non-hydrogen) atoms. The van der Waals surface area contributed by atoms with Crippen molar-refractivity contribution in [1.82, 2.24) is 0 Å². The minimum Gasteiger partial charge on any atom is -0.453 e. The van der Waals surface area contributed by atoms with Crippen LogP contribution in [-0.2, 0) is 4.74 Å². The zero-order valence-electron chi connectivity index (χ0n) is 10.1. The van der Waals surface area contributed by atoms with Crippen LogP contribution in [0.15, 0.2) is 42.5 Å². The number of hydrogen-bond acceptors (Lipinski definition) is 2. The van der Waals surface area contributed by atoms with Crippen molar-refractivity contribution in [3.8, 4) is 11.1 Å². The molecule has 0 saturated heterocycles. The number of halogens is 2. The van der Waals surface area contributed by atoms with Crippen LogP contribution < -0.4 is 5.32 Å². The third-order valence-electron chi connectivity index (χ3n) is 2.57. The number of carbonyl (C=O) groups is 1. The van der Waals surface area contributed by atoms with Crippen LogP contribution in [0.1, 0.15) is 0 Å². The Hall–Kier alpha value is -2.07. The summed E-state index contributed by atoms with van der Waals surface area (Å²) in [4.78, 5) is 11.0. The highest BCUT2D eigenvalue weighted by Crippen LogP contribution is 2.25. The van der Waals surface area contributed by atoms with E-state index in [1.54, 1.807) is 36.4 Å². The Balaban J connectivity index is 2.22. The molecular weight excluding hydrogens is 269 g/mol. The summed E-state index contributed by atoms with van der Waals surface area (Å²) in [7, 11) is 1.30. The predicted octanol–water partition coefficient (Wildman–Crippen LogP) is 4.32. The summed E-state index contributed by atoms with van der Waals surface area (Å²) in [6.45, 7) is 0. The average molecular weight is 280 g/mol. The van der Waals surface area contributed by atoms with E-state index in [1.807, 2.05) is 0 Å². The fourth-order valence-electron chi connectivity index (χ4n) is 1.59. The zero-order chi connectivity index (χ0) is 13.8. The van der Waals surface area contributed by atoms with E-state index in [0.29, 0.717) is 5.69 Å². The maximum atomic E-state index is 13.1. The number of ether oxygens (including phenoxy) is 1. The number of amides is 1. The highest BCUT2D eigenvalue weighted by atomic mass is 35.5. The molecule has 2 aromatic rings. The summed E-state index contributed by atoms with van der Waals surface area (Å²) >= 11 is 5.73. The molecule has 1 amide bonds. The van der Waals surface area contributed by atoms with E-state index in [0.717, 1.165) is 11.1 Å². The van der Waals surface area contributed by atoms with Crippen LogP contribution in [-0.4, -0.2) is 13.2 Å². The van der Waals surface area contributed by atoms with Crippen molar-refractivity contribution in [1.29, 1.82) is 0 Å². The number of rotatable bonds is 2. The molecule has 0 spiro atoms. The molecule has 0 saturated carbocycles. The summed E-state index contributed by atoms with van der Waals surface area (Å²) in [6.07, 6.45) is -0.530. The molecule has 2 aromatic carbocycles. The maximum Gasteiger partial charge on any atom is 0.411 e. The van der Waals surface area contributed by atoms with E-state index in [4.69, 9.17) is 11.6 Å². The quantitative estimate of drug-likeness (QED) is 0.889. The minimum atomic E-state index is -0.530. The van der Waals surface area contributed by atoms with E-state index in [1.165, 1.54) is 13.2 Å². The van der Waals surface area contributed by atoms with Crippen LogP contribution in [0.2, 0.25) is 5.02 Å². The fraction of sp³-hybridized carbons (Fsp3) is 0.0714. The second kappa shape index (κ2) is 5.71. The molecule has 0 unspecified atom stereocenters. The number of methoxy groups -OCH3 is 1. The second-order valence-corrected chi connectivity index (χ2v) is 4.23. The lowest BCUT2D eigenvalue weighted by Gasteiger charge is -2.06. The summed E-state index contributed by atoms with van der Waals surface area (Å²) in [5, 5.41) is 2.62. The van der Waals surface area contributed by atoms with Crippen LogP contribution in [0.25, 0.3) is 11.1 Å². The molecule has 3 nitrogen and oxygen atoms in total. The first kappa shape index (κ1) is 13.4. The van der Waals surface area contributed by atoms with E-state index in [9.17, 15) is 9.18 Å². The normalized spacial score (nSPS) is 10.1. The lowest BCUT2D eigenvalue weighted by Crippen LogP contribution is -2.10. The van der Waals surface area contributed by atoms with E-state index in [-0.39, 0.29) is 5.02 Å². The van der Waals surface area contributed by atoms with Gasteiger partial charge in [0, 0.05) is 5.69 Å². The van der Waals surface area contributed by atoms with Gasteiger partial charge in [0.1, 0.15) is 5.82 Å². The largest absolute Gasteiger partial charge is 0.453 e. The SMILES string of the molecule is COC(=O)Nc1ccc(-c2ccc(F)c(Cl)c2)cc1. The average Bonchev–Trinajstić information content (AvgIpc) is 2.42. The molecule has 0 radical (unpaired) electrons. The van der Waals surface area contributed by atoms with Gasteiger partial charge in [-0.25, -0.2) is 9.18 Å². The van der Waals surface area contributed by atoms with Gasteiger partial charge < -0.3 is 4.74 Å². The first-order chi connectivity index (χ1) is 9.10. The van der Waals surface area contributed by atoms with Gasteiger partial charge in [-0.3, -0.25) is 5.32 Å². The zero-order valence-corrected chi connectivity index (χ0v) is 10.9. The molecule has 0 aromatic heterocycles. The highest BCUT2D eigenvalue weighted by Gasteiger charge is 2.04. The third kappa shape index (κ3) is 3.23. The van der Waals surface area contributed by atoms with Gasteiger partial charge >= 0.3 is 6.09 Å². The van der Waals surface area contributed by atoms with Crippen molar-refractivity contribution in [3.05, 3.63) is 53.3 Å². The Labute approximate surface area is 115 Å². The van der Waals surface area contributed by atoms with Gasteiger partial charge in [0.25, 0.3) is 0 Å². The molecule has 0 fully saturated rings. The molecule has 1 N–H and O–H groups in total. The van der Waals surface area contributed by atoms with Crippen LogP contribution in [0.3, 0.4) is 0 Å². The van der Waals surface area contributed by atoms with Crippen LogP contribution >= 0.6 is 11.6 Å². The van der Waals surface area contributed by atoms with Gasteiger partial charge in [-0.15, -0.1) is 0 Å². The topological polar surface area (TPSA) is 38.3 Å². The Morgan fingerprint density at radius 2 is 1.79 bits per heavy atom. The number of hydrogen-bond donors (Lipinski definition) is 1. The number of carbonyl (C=O) groups excluding carboxylic acids is 1. The standard InChI is InChI=1S/C14H11ClFNO2/c1-19-14(18)17-11-5-2-9(3-6-11)10-4-7-13(16)12(15)8-10/h2-8H,1H3,(H,17,18). The molecular formula is C14H11ClFNO2. The molecule has 0 heterocycles. The molecule has 0 aliphatic rings. The van der Waals surface area contributed by atoms with Gasteiger partial charge in [-0.2, -0.15) is 0 Å². The predicted molar refractivity (Wildman–Crippen MR) is 72.9 cm³/mol. The maximum absolute atomic E-state index is 13.1. The molecule has 2 rings (SSSR count). The summed E-state index contributed by atoms with van der Waals surface area (Å²) in [6, 6.07) is 11.6. The number of nitrogens with one attached hydrogen (secondary N) is 1. The Morgan fingerprint density at radius 1 is 1.16 bits per heavy atom. The van der Waals surface area contributed by atoms with Crippen molar-refractivity contribution < 1.29 is 13.9 Å². The van der Waals surface area contributed by atoms with E-state index < -0.39 is 11.9 Å². The van der Waals surface area contributed by atoms with Gasteiger partial charge in [0.15, 0.2) is 0 Å². The third-order valence-corrected chi connectivity index (χ3v) is 2.86. The van der Waals surface area contributed by atoms with Crippen LogP contribution in [0.4, 0.5) is 14.9 Å². The number of anilines is 1. The smallest absolute Gasteiger partial charge is 0.411 e. The summed E-state index contributed by atoms with van der Waals surface area (Å²) in [5.74, 6) is -0.450. The van der Waals surface area contributed by atoms with E-state index in [2.05, 4.69) is 10.1 Å². The molecule has 0 aliphatic heterocycles. The van der Waals surface area contributed by atoms with Gasteiger partial charge in [0.05, 0.1) is 12.1 Å². The second-order valence-electron chi connectivity index (χ2n) is 3.82. The first-order valence-electron chi connectivity index (χ1n) is 5.50. The summed E-state index contributed by atoms with van der Waals surface area (Å²) < 4.78 is 17.6. The molecule has 98 valence electrons. The van der Waals surface area contributed by atoms with Gasteiger partial charge in [-0.1, -0.05) is 29.8 Å². The molecule has 0 bridgehead atoms. The fourth-order valence-corrected chi connectivity index (χ4v) is 1.77. The first-order valence-corrected chi connectivity index (χ1v) is 5.88. The highest BCUT2D eigenvalue weighted by molar-refractivity contribution is 6.31. The minimum absolute atomic E-state index is 0.0780. The van der Waals surface area contributed by atoms with Crippen LogP contribution in [0, 0.1) is 5.82 Å². The number of benzene rings is 2. The van der Waals surface area contributed by atoms with Gasteiger partial charge in [-0.05, 0) is 35.4 Å². The molecule has 5 heteroatoms. The van der Waals surface area contributed by atoms with Crippen molar-refractivity contribution in [2.45, 2.75) is 0 Å². The Bertz CT molecular complexity index is 599. The Morgan fingerprint density at radius 3 is 2.37 bits per heavy atom. The van der Waals surface area contributed by atoms with Crippen molar-refractivity contribution in [2.75, 3.05) is 12.4 Å². The van der Waals surface area contributed by atoms with Crippen molar-refractivity contribution in [2.24, 2.45) is 0 Å². The van der Waals surface area contributed by atoms with E-state index >= 15 is 0 Å². The Kier molecular flexibility index (Phi) is 4.02. The monoisotopic (exact) mass is 279 g/mol. The van der Waals surface area contributed by atoms with Crippen LogP contribution in [0.5, 0.6) is 0 Å². The van der Waals surface area contributed by atoms with Gasteiger partial charge in [0.2, 0.25) is 0 Å². The molecule has 0 aliphatic carbocycles. The van der Waals surface area contributed by atoms with Crippen molar-refractivity contribution in [3.63, 3.8) is 0 Å². The summed E-state index contributed by atoms with van der Waals surface area (Å²) in [5.41, 5.74) is 2.29. The molecule has 0 atom stereocenters. The lowest BCUT2D eigenvalue weighted by molar-refractivity contribution is 0.187. The lowest BCUT2D eigenvalue weighted by atomic mass is 10.1.